The molecule has 9 nitrogen and oxygen atoms in total. The lowest BCUT2D eigenvalue weighted by molar-refractivity contribution is -0.136. The van der Waals surface area contributed by atoms with Gasteiger partial charge in [-0.15, -0.1) is 5.10 Å². The number of piperazine rings is 1. The molecule has 3 rings (SSSR count). The SMILES string of the molecule is CC(=O)N1CCN(C2(c3nnnn3CCC(C)C)CCCN(C(C)=O)C2)CC1. The second-order valence-corrected chi connectivity index (χ2v) is 8.48. The molecule has 0 saturated carbocycles. The second kappa shape index (κ2) is 8.55. The molecule has 0 bridgehead atoms. The normalized spacial score (nSPS) is 24.0. The van der Waals surface area contributed by atoms with Crippen molar-refractivity contribution in [1.29, 1.82) is 0 Å². The van der Waals surface area contributed by atoms with Crippen LogP contribution in [0, 0.1) is 5.92 Å². The summed E-state index contributed by atoms with van der Waals surface area (Å²) >= 11 is 0. The molecule has 1 aromatic rings. The number of amides is 2. The van der Waals surface area contributed by atoms with Crippen molar-refractivity contribution in [3.8, 4) is 0 Å². The molecule has 0 spiro atoms. The Balaban J connectivity index is 1.91. The van der Waals surface area contributed by atoms with Gasteiger partial charge in [-0.25, -0.2) is 4.68 Å². The zero-order chi connectivity index (χ0) is 20.3. The van der Waals surface area contributed by atoms with Gasteiger partial charge in [-0.3, -0.25) is 14.5 Å². The van der Waals surface area contributed by atoms with Gasteiger partial charge < -0.3 is 9.80 Å². The standard InChI is InChI=1S/C19H33N7O2/c1-15(2)6-9-26-18(20-21-22-26)19(7-5-8-24(14-19)17(4)28)25-12-10-23(11-13-25)16(3)27/h15H,5-14H2,1-4H3. The van der Waals surface area contributed by atoms with E-state index in [1.165, 1.54) is 0 Å². The third-order valence-electron chi connectivity index (χ3n) is 6.11. The van der Waals surface area contributed by atoms with Crippen LogP contribution in [-0.4, -0.2) is 86.0 Å². The van der Waals surface area contributed by atoms with Crippen LogP contribution in [0.2, 0.25) is 0 Å². The molecule has 28 heavy (non-hydrogen) atoms. The maximum atomic E-state index is 12.2. The molecular weight excluding hydrogens is 358 g/mol. The van der Waals surface area contributed by atoms with Gasteiger partial charge in [0.2, 0.25) is 11.8 Å². The van der Waals surface area contributed by atoms with Gasteiger partial charge in [-0.2, -0.15) is 0 Å². The zero-order valence-corrected chi connectivity index (χ0v) is 17.6. The highest BCUT2D eigenvalue weighted by atomic mass is 16.2. The van der Waals surface area contributed by atoms with E-state index in [1.807, 2.05) is 14.5 Å². The summed E-state index contributed by atoms with van der Waals surface area (Å²) in [6, 6.07) is 0. The van der Waals surface area contributed by atoms with E-state index >= 15 is 0 Å². The first-order chi connectivity index (χ1) is 13.3. The lowest BCUT2D eigenvalue weighted by Gasteiger charge is -2.50. The topological polar surface area (TPSA) is 87.5 Å². The number of carbonyl (C=O) groups excluding carboxylic acids is 2. The number of piperidine rings is 1. The van der Waals surface area contributed by atoms with Crippen molar-refractivity contribution in [1.82, 2.24) is 34.9 Å². The fourth-order valence-electron chi connectivity index (χ4n) is 4.41. The van der Waals surface area contributed by atoms with E-state index in [1.54, 1.807) is 13.8 Å². The molecule has 2 saturated heterocycles. The van der Waals surface area contributed by atoms with E-state index < -0.39 is 5.54 Å². The first kappa shape index (κ1) is 20.7. The molecular formula is C19H33N7O2. The van der Waals surface area contributed by atoms with Gasteiger partial charge in [0.15, 0.2) is 5.82 Å². The number of hydrogen-bond donors (Lipinski definition) is 0. The molecule has 1 atom stereocenters. The number of aromatic nitrogens is 4. The van der Waals surface area contributed by atoms with Gasteiger partial charge in [0.05, 0.1) is 0 Å². The predicted molar refractivity (Wildman–Crippen MR) is 104 cm³/mol. The molecule has 1 aromatic heterocycles. The van der Waals surface area contributed by atoms with Crippen LogP contribution in [-0.2, 0) is 21.7 Å². The summed E-state index contributed by atoms with van der Waals surface area (Å²) in [5.74, 6) is 1.62. The molecule has 0 aliphatic carbocycles. The summed E-state index contributed by atoms with van der Waals surface area (Å²) in [6.45, 7) is 12.7. The summed E-state index contributed by atoms with van der Waals surface area (Å²) in [5.41, 5.74) is -0.396. The van der Waals surface area contributed by atoms with E-state index in [0.717, 1.165) is 51.3 Å². The van der Waals surface area contributed by atoms with Crippen LogP contribution < -0.4 is 0 Å². The monoisotopic (exact) mass is 391 g/mol. The van der Waals surface area contributed by atoms with E-state index in [2.05, 4.69) is 34.3 Å². The van der Waals surface area contributed by atoms with Gasteiger partial charge in [-0.05, 0) is 35.6 Å². The van der Waals surface area contributed by atoms with E-state index in [4.69, 9.17) is 0 Å². The molecule has 0 radical (unpaired) electrons. The number of aryl methyl sites for hydroxylation is 1. The Labute approximate surface area is 167 Å². The largest absolute Gasteiger partial charge is 0.341 e. The number of hydrogen-bond acceptors (Lipinski definition) is 6. The van der Waals surface area contributed by atoms with Crippen LogP contribution >= 0.6 is 0 Å². The molecule has 156 valence electrons. The predicted octanol–water partition coefficient (Wildman–Crippen LogP) is 0.721. The average Bonchev–Trinajstić information content (AvgIpc) is 3.15. The van der Waals surface area contributed by atoms with Crippen LogP contribution in [0.5, 0.6) is 0 Å². The zero-order valence-electron chi connectivity index (χ0n) is 17.6. The van der Waals surface area contributed by atoms with Crippen molar-refractivity contribution in [2.24, 2.45) is 5.92 Å². The Morgan fingerprint density at radius 3 is 2.32 bits per heavy atom. The summed E-state index contributed by atoms with van der Waals surface area (Å²) in [7, 11) is 0. The number of rotatable bonds is 5. The molecule has 2 aliphatic heterocycles. The molecule has 9 heteroatoms. The number of tetrazole rings is 1. The quantitative estimate of drug-likeness (QED) is 0.735. The first-order valence-corrected chi connectivity index (χ1v) is 10.4. The van der Waals surface area contributed by atoms with Crippen LogP contribution in [0.15, 0.2) is 0 Å². The number of nitrogens with zero attached hydrogens (tertiary/aromatic N) is 7. The summed E-state index contributed by atoms with van der Waals surface area (Å²) in [4.78, 5) is 30.1. The van der Waals surface area contributed by atoms with Crippen LogP contribution in [0.1, 0.15) is 52.8 Å². The minimum absolute atomic E-state index is 0.0904. The molecule has 2 amide bonds. The lowest BCUT2D eigenvalue weighted by Crippen LogP contribution is -2.63. The molecule has 3 heterocycles. The Bertz CT molecular complexity index is 696. The minimum atomic E-state index is -0.396. The molecule has 0 aromatic carbocycles. The highest BCUT2D eigenvalue weighted by Crippen LogP contribution is 2.37. The lowest BCUT2D eigenvalue weighted by atomic mass is 9.85. The van der Waals surface area contributed by atoms with Crippen molar-refractivity contribution < 1.29 is 9.59 Å². The Kier molecular flexibility index (Phi) is 6.32. The van der Waals surface area contributed by atoms with Gasteiger partial charge in [0, 0.05) is 59.7 Å². The number of likely N-dealkylation sites (tertiary alicyclic amines) is 1. The van der Waals surface area contributed by atoms with Gasteiger partial charge in [0.1, 0.15) is 5.54 Å². The third-order valence-corrected chi connectivity index (χ3v) is 6.11. The van der Waals surface area contributed by atoms with Crippen molar-refractivity contribution >= 4 is 11.8 Å². The molecule has 0 N–H and O–H groups in total. The van der Waals surface area contributed by atoms with Crippen LogP contribution in [0.25, 0.3) is 0 Å². The van der Waals surface area contributed by atoms with E-state index in [0.29, 0.717) is 25.6 Å². The molecule has 2 aliphatic rings. The highest BCUT2D eigenvalue weighted by molar-refractivity contribution is 5.74. The van der Waals surface area contributed by atoms with Crippen molar-refractivity contribution in [3.63, 3.8) is 0 Å². The Hall–Kier alpha value is -2.03. The average molecular weight is 392 g/mol. The second-order valence-electron chi connectivity index (χ2n) is 8.48. The van der Waals surface area contributed by atoms with Crippen molar-refractivity contribution in [2.75, 3.05) is 39.3 Å². The third kappa shape index (κ3) is 4.19. The molecule has 1 unspecified atom stereocenters. The summed E-state index contributed by atoms with van der Waals surface area (Å²) < 4.78 is 1.93. The van der Waals surface area contributed by atoms with Crippen molar-refractivity contribution in [3.05, 3.63) is 5.82 Å². The number of carbonyl (C=O) groups is 2. The van der Waals surface area contributed by atoms with Crippen molar-refractivity contribution in [2.45, 2.75) is 59.0 Å². The molecule has 2 fully saturated rings. The van der Waals surface area contributed by atoms with Gasteiger partial charge >= 0.3 is 0 Å². The van der Waals surface area contributed by atoms with Crippen LogP contribution in [0.3, 0.4) is 0 Å². The fraction of sp³-hybridized carbons (Fsp3) is 0.842. The highest BCUT2D eigenvalue weighted by Gasteiger charge is 2.47. The first-order valence-electron chi connectivity index (χ1n) is 10.4. The minimum Gasteiger partial charge on any atom is -0.341 e. The summed E-state index contributed by atoms with van der Waals surface area (Å²) in [6.07, 6.45) is 2.84. The summed E-state index contributed by atoms with van der Waals surface area (Å²) in [5, 5.41) is 12.7. The maximum absolute atomic E-state index is 12.2. The Morgan fingerprint density at radius 2 is 1.71 bits per heavy atom. The van der Waals surface area contributed by atoms with Gasteiger partial charge in [-0.1, -0.05) is 13.8 Å². The van der Waals surface area contributed by atoms with E-state index in [9.17, 15) is 9.59 Å². The smallest absolute Gasteiger partial charge is 0.219 e. The fourth-order valence-corrected chi connectivity index (χ4v) is 4.41. The van der Waals surface area contributed by atoms with Crippen LogP contribution in [0.4, 0.5) is 0 Å². The van der Waals surface area contributed by atoms with Gasteiger partial charge in [0.25, 0.3) is 0 Å². The van der Waals surface area contributed by atoms with E-state index in [-0.39, 0.29) is 11.8 Å². The maximum Gasteiger partial charge on any atom is 0.219 e. The Morgan fingerprint density at radius 1 is 1.04 bits per heavy atom.